The third-order valence-electron chi connectivity index (χ3n) is 1.98. The van der Waals surface area contributed by atoms with E-state index in [9.17, 15) is 0 Å². The molecule has 2 heteroatoms. The molecule has 0 fully saturated rings. The monoisotopic (exact) mass is 148 g/mol. The van der Waals surface area contributed by atoms with Crippen molar-refractivity contribution in [1.29, 1.82) is 0 Å². The highest BCUT2D eigenvalue weighted by atomic mass is 15.5. The molecule has 0 bridgehead atoms. The molecule has 0 aromatic heterocycles. The highest BCUT2D eigenvalue weighted by molar-refractivity contribution is 5.29. The minimum absolute atomic E-state index is 0.431. The van der Waals surface area contributed by atoms with Crippen molar-refractivity contribution >= 4 is 0 Å². The third-order valence-corrected chi connectivity index (χ3v) is 1.98. The predicted octanol–water partition coefficient (Wildman–Crippen LogP) is 1.55. The summed E-state index contributed by atoms with van der Waals surface area (Å²) < 4.78 is 0. The van der Waals surface area contributed by atoms with Gasteiger partial charge in [-0.3, -0.25) is 5.01 Å². The molecular formula is C9H12N2. The van der Waals surface area contributed by atoms with E-state index in [1.807, 2.05) is 0 Å². The molecule has 2 aliphatic heterocycles. The van der Waals surface area contributed by atoms with E-state index in [1.165, 1.54) is 11.3 Å². The van der Waals surface area contributed by atoms with Crippen LogP contribution in [0.1, 0.15) is 13.8 Å². The average Bonchev–Trinajstić information content (AvgIpc) is 2.27. The van der Waals surface area contributed by atoms with Crippen LogP contribution >= 0.6 is 0 Å². The minimum atomic E-state index is 0.431. The van der Waals surface area contributed by atoms with E-state index in [4.69, 9.17) is 0 Å². The van der Waals surface area contributed by atoms with Crippen LogP contribution in [0.4, 0.5) is 0 Å². The molecule has 0 radical (unpaired) electrons. The van der Waals surface area contributed by atoms with Gasteiger partial charge in [-0.05, 0) is 26.0 Å². The molecule has 2 rings (SSSR count). The summed E-state index contributed by atoms with van der Waals surface area (Å²) in [5.41, 5.74) is 5.80. The van der Waals surface area contributed by atoms with Crippen LogP contribution in [0.3, 0.4) is 0 Å². The number of allylic oxidation sites excluding steroid dienone is 3. The Hall–Kier alpha value is -1.18. The van der Waals surface area contributed by atoms with Gasteiger partial charge in [-0.25, -0.2) is 0 Å². The van der Waals surface area contributed by atoms with Crippen molar-refractivity contribution in [1.82, 2.24) is 10.4 Å². The van der Waals surface area contributed by atoms with Crippen LogP contribution < -0.4 is 5.43 Å². The van der Waals surface area contributed by atoms with Gasteiger partial charge in [0.25, 0.3) is 0 Å². The molecule has 58 valence electrons. The van der Waals surface area contributed by atoms with Crippen molar-refractivity contribution in [3.63, 3.8) is 0 Å². The fourth-order valence-corrected chi connectivity index (χ4v) is 1.44. The van der Waals surface area contributed by atoms with Crippen LogP contribution in [-0.4, -0.2) is 11.1 Å². The molecule has 0 saturated heterocycles. The zero-order chi connectivity index (χ0) is 7.84. The lowest BCUT2D eigenvalue weighted by molar-refractivity contribution is 0.314. The summed E-state index contributed by atoms with van der Waals surface area (Å²) in [7, 11) is 0. The van der Waals surface area contributed by atoms with Crippen LogP contribution in [0, 0.1) is 0 Å². The van der Waals surface area contributed by atoms with Crippen LogP contribution in [0.15, 0.2) is 35.7 Å². The first-order valence-corrected chi connectivity index (χ1v) is 3.86. The maximum Gasteiger partial charge on any atom is 0.0884 e. The second-order valence-corrected chi connectivity index (χ2v) is 3.09. The molecule has 0 amide bonds. The number of hydrogen-bond acceptors (Lipinski definition) is 2. The Kier molecular flexibility index (Phi) is 1.28. The Morgan fingerprint density at radius 2 is 2.18 bits per heavy atom. The second kappa shape index (κ2) is 2.16. The molecule has 0 aromatic carbocycles. The summed E-state index contributed by atoms with van der Waals surface area (Å²) >= 11 is 0. The van der Waals surface area contributed by atoms with Crippen LogP contribution in [0.5, 0.6) is 0 Å². The molecule has 2 aliphatic rings. The van der Waals surface area contributed by atoms with Crippen LogP contribution in [-0.2, 0) is 0 Å². The van der Waals surface area contributed by atoms with Crippen molar-refractivity contribution in [2.75, 3.05) is 0 Å². The van der Waals surface area contributed by atoms with Gasteiger partial charge in [-0.1, -0.05) is 11.6 Å². The normalized spacial score (nSPS) is 27.5. The number of nitrogens with one attached hydrogen (secondary N) is 1. The van der Waals surface area contributed by atoms with Crippen molar-refractivity contribution in [3.8, 4) is 0 Å². The molecule has 0 saturated carbocycles. The highest BCUT2D eigenvalue weighted by Gasteiger charge is 2.19. The lowest BCUT2D eigenvalue weighted by Gasteiger charge is -2.23. The Morgan fingerprint density at radius 1 is 1.36 bits per heavy atom. The zero-order valence-electron chi connectivity index (χ0n) is 6.83. The molecule has 0 spiro atoms. The van der Waals surface area contributed by atoms with Gasteiger partial charge >= 0.3 is 0 Å². The Balaban J connectivity index is 2.26. The molecule has 0 aromatic rings. The van der Waals surface area contributed by atoms with E-state index in [2.05, 4.69) is 48.7 Å². The van der Waals surface area contributed by atoms with E-state index in [0.29, 0.717) is 6.04 Å². The van der Waals surface area contributed by atoms with Gasteiger partial charge in [0.2, 0.25) is 0 Å². The van der Waals surface area contributed by atoms with Gasteiger partial charge < -0.3 is 5.43 Å². The summed E-state index contributed by atoms with van der Waals surface area (Å²) in [6.45, 7) is 4.20. The van der Waals surface area contributed by atoms with Gasteiger partial charge in [0.15, 0.2) is 0 Å². The smallest absolute Gasteiger partial charge is 0.0884 e. The summed E-state index contributed by atoms with van der Waals surface area (Å²) in [5, 5.41) is 2.10. The Morgan fingerprint density at radius 3 is 3.00 bits per heavy atom. The van der Waals surface area contributed by atoms with Gasteiger partial charge in [-0.15, -0.1) is 0 Å². The van der Waals surface area contributed by atoms with E-state index >= 15 is 0 Å². The summed E-state index contributed by atoms with van der Waals surface area (Å²) in [4.78, 5) is 0. The average molecular weight is 148 g/mol. The van der Waals surface area contributed by atoms with E-state index < -0.39 is 0 Å². The summed E-state index contributed by atoms with van der Waals surface area (Å²) in [5.74, 6) is 0. The molecule has 0 aliphatic carbocycles. The van der Waals surface area contributed by atoms with E-state index in [-0.39, 0.29) is 0 Å². The standard InChI is InChI=1S/C9H12N2/c1-7-3-4-11-9(5-7)6-8(2)10-11/h3-6,9-10H,1-2H3. The lowest BCUT2D eigenvalue weighted by atomic mass is 10.1. The summed E-state index contributed by atoms with van der Waals surface area (Å²) in [6, 6.07) is 0.431. The van der Waals surface area contributed by atoms with Crippen molar-refractivity contribution in [3.05, 3.63) is 35.7 Å². The molecule has 11 heavy (non-hydrogen) atoms. The fraction of sp³-hybridized carbons (Fsp3) is 0.333. The molecule has 2 heterocycles. The van der Waals surface area contributed by atoms with Gasteiger partial charge in [-0.2, -0.15) is 0 Å². The molecule has 1 atom stereocenters. The van der Waals surface area contributed by atoms with E-state index in [0.717, 1.165) is 0 Å². The number of rotatable bonds is 0. The largest absolute Gasteiger partial charge is 0.303 e. The fourth-order valence-electron chi connectivity index (χ4n) is 1.44. The quantitative estimate of drug-likeness (QED) is 0.560. The first-order valence-electron chi connectivity index (χ1n) is 3.86. The van der Waals surface area contributed by atoms with Crippen molar-refractivity contribution in [2.45, 2.75) is 19.9 Å². The SMILES string of the molecule is CC1=CC2C=C(C)NN2C=C1. The number of hydrogen-bond donors (Lipinski definition) is 1. The van der Waals surface area contributed by atoms with Gasteiger partial charge in [0.05, 0.1) is 6.04 Å². The Bertz CT molecular complexity index is 261. The Labute approximate surface area is 66.9 Å². The molecule has 2 nitrogen and oxygen atoms in total. The van der Waals surface area contributed by atoms with Gasteiger partial charge in [0.1, 0.15) is 0 Å². The second-order valence-electron chi connectivity index (χ2n) is 3.09. The maximum atomic E-state index is 3.24. The lowest BCUT2D eigenvalue weighted by Crippen LogP contribution is -2.33. The number of fused-ring (bicyclic) bond motifs is 1. The van der Waals surface area contributed by atoms with Crippen molar-refractivity contribution in [2.24, 2.45) is 0 Å². The highest BCUT2D eigenvalue weighted by Crippen LogP contribution is 2.18. The van der Waals surface area contributed by atoms with Crippen LogP contribution in [0.2, 0.25) is 0 Å². The van der Waals surface area contributed by atoms with E-state index in [1.54, 1.807) is 0 Å². The first-order chi connectivity index (χ1) is 5.25. The summed E-state index contributed by atoms with van der Waals surface area (Å²) in [6.07, 6.45) is 8.64. The minimum Gasteiger partial charge on any atom is -0.303 e. The molecular weight excluding hydrogens is 136 g/mol. The zero-order valence-corrected chi connectivity index (χ0v) is 6.83. The molecule has 1 unspecified atom stereocenters. The molecule has 1 N–H and O–H groups in total. The van der Waals surface area contributed by atoms with Crippen molar-refractivity contribution < 1.29 is 0 Å². The first kappa shape index (κ1) is 6.53. The third kappa shape index (κ3) is 1.04. The topological polar surface area (TPSA) is 15.3 Å². The number of nitrogens with zero attached hydrogens (tertiary/aromatic N) is 1. The number of hydrazine groups is 1. The predicted molar refractivity (Wildman–Crippen MR) is 45.4 cm³/mol. The maximum absolute atomic E-state index is 3.24. The van der Waals surface area contributed by atoms with Crippen LogP contribution in [0.25, 0.3) is 0 Å². The van der Waals surface area contributed by atoms with Gasteiger partial charge in [0, 0.05) is 11.9 Å².